The Morgan fingerprint density at radius 1 is 1.27 bits per heavy atom. The molecule has 2 atom stereocenters. The zero-order chi connectivity index (χ0) is 15.7. The maximum Gasteiger partial charge on any atom is 0.165 e. The molecular formula is C18H27FN2O. The predicted octanol–water partition coefficient (Wildman–Crippen LogP) is 2.81. The number of hydrogen-bond acceptors (Lipinski definition) is 3. The van der Waals surface area contributed by atoms with Gasteiger partial charge in [0.05, 0.1) is 6.61 Å². The molecule has 1 saturated heterocycles. The summed E-state index contributed by atoms with van der Waals surface area (Å²) >= 11 is 0. The Kier molecular flexibility index (Phi) is 4.42. The van der Waals surface area contributed by atoms with Gasteiger partial charge in [-0.05, 0) is 60.5 Å². The number of nitrogens with one attached hydrogen (secondary N) is 2. The van der Waals surface area contributed by atoms with Crippen LogP contribution in [0.5, 0.6) is 5.75 Å². The van der Waals surface area contributed by atoms with Gasteiger partial charge >= 0.3 is 0 Å². The third-order valence-corrected chi connectivity index (χ3v) is 4.63. The van der Waals surface area contributed by atoms with Gasteiger partial charge in [0.1, 0.15) is 0 Å². The standard InChI is InChI=1S/C18H27FN2O/c1-18(2,3)11-22-17-6-12(4-5-16(17)19)7-20-8-13-14-9-21-10-15(13)14/h4-6,13-15,20-21H,7-11H2,1-3H3. The van der Waals surface area contributed by atoms with Gasteiger partial charge in [-0.1, -0.05) is 26.8 Å². The summed E-state index contributed by atoms with van der Waals surface area (Å²) in [4.78, 5) is 0. The smallest absolute Gasteiger partial charge is 0.165 e. The van der Waals surface area contributed by atoms with Gasteiger partial charge in [0.25, 0.3) is 0 Å². The molecule has 2 unspecified atom stereocenters. The van der Waals surface area contributed by atoms with Gasteiger partial charge in [-0.15, -0.1) is 0 Å². The second kappa shape index (κ2) is 6.17. The van der Waals surface area contributed by atoms with Crippen molar-refractivity contribution < 1.29 is 9.13 Å². The minimum absolute atomic E-state index is 0.0263. The van der Waals surface area contributed by atoms with Crippen molar-refractivity contribution in [2.24, 2.45) is 23.2 Å². The molecule has 122 valence electrons. The maximum absolute atomic E-state index is 13.8. The van der Waals surface area contributed by atoms with Crippen LogP contribution in [-0.4, -0.2) is 26.2 Å². The van der Waals surface area contributed by atoms with Gasteiger partial charge in [-0.2, -0.15) is 0 Å². The summed E-state index contributed by atoms with van der Waals surface area (Å²) < 4.78 is 19.4. The second-order valence-corrected chi connectivity index (χ2v) is 7.89. The molecule has 2 N–H and O–H groups in total. The van der Waals surface area contributed by atoms with Crippen LogP contribution in [0.1, 0.15) is 26.3 Å². The molecule has 0 bridgehead atoms. The fraction of sp³-hybridized carbons (Fsp3) is 0.667. The fourth-order valence-electron chi connectivity index (χ4n) is 3.30. The Morgan fingerprint density at radius 2 is 2.00 bits per heavy atom. The van der Waals surface area contributed by atoms with Gasteiger partial charge in [0.15, 0.2) is 11.6 Å². The molecule has 0 radical (unpaired) electrons. The van der Waals surface area contributed by atoms with Crippen LogP contribution in [0.15, 0.2) is 18.2 Å². The summed E-state index contributed by atoms with van der Waals surface area (Å²) in [5.41, 5.74) is 1.10. The number of halogens is 1. The first-order chi connectivity index (χ1) is 10.4. The van der Waals surface area contributed by atoms with Crippen molar-refractivity contribution in [3.63, 3.8) is 0 Å². The van der Waals surface area contributed by atoms with Crippen molar-refractivity contribution >= 4 is 0 Å². The van der Waals surface area contributed by atoms with Gasteiger partial charge in [-0.25, -0.2) is 4.39 Å². The normalized spacial score (nSPS) is 26.8. The van der Waals surface area contributed by atoms with E-state index < -0.39 is 0 Å². The Labute approximate surface area is 132 Å². The molecule has 22 heavy (non-hydrogen) atoms. The molecule has 0 spiro atoms. The van der Waals surface area contributed by atoms with E-state index in [1.807, 2.05) is 12.1 Å². The Morgan fingerprint density at radius 3 is 2.68 bits per heavy atom. The lowest BCUT2D eigenvalue weighted by Crippen LogP contribution is -2.23. The van der Waals surface area contributed by atoms with Crippen molar-refractivity contribution in [3.05, 3.63) is 29.6 Å². The Bertz CT molecular complexity index is 516. The highest BCUT2D eigenvalue weighted by atomic mass is 19.1. The molecule has 0 amide bonds. The number of rotatable bonds is 6. The number of ether oxygens (including phenoxy) is 1. The lowest BCUT2D eigenvalue weighted by atomic mass is 9.99. The third kappa shape index (κ3) is 3.79. The SMILES string of the molecule is CC(C)(C)COc1cc(CNCC2C3CNCC23)ccc1F. The van der Waals surface area contributed by atoms with Crippen molar-refractivity contribution in [3.8, 4) is 5.75 Å². The Hall–Kier alpha value is -1.13. The number of fused-ring (bicyclic) bond motifs is 1. The van der Waals surface area contributed by atoms with Crippen molar-refractivity contribution in [2.45, 2.75) is 27.3 Å². The second-order valence-electron chi connectivity index (χ2n) is 7.89. The molecule has 3 rings (SSSR count). The minimum Gasteiger partial charge on any atom is -0.490 e. The zero-order valence-corrected chi connectivity index (χ0v) is 13.8. The highest BCUT2D eigenvalue weighted by Crippen LogP contribution is 2.47. The summed E-state index contributed by atoms with van der Waals surface area (Å²) in [6.45, 7) is 10.9. The monoisotopic (exact) mass is 306 g/mol. The lowest BCUT2D eigenvalue weighted by Gasteiger charge is -2.19. The largest absolute Gasteiger partial charge is 0.490 e. The van der Waals surface area contributed by atoms with Gasteiger partial charge in [0, 0.05) is 6.54 Å². The van der Waals surface area contributed by atoms with Crippen molar-refractivity contribution in [2.75, 3.05) is 26.2 Å². The maximum atomic E-state index is 13.8. The molecule has 2 aliphatic rings. The molecule has 1 aliphatic carbocycles. The lowest BCUT2D eigenvalue weighted by molar-refractivity contribution is 0.191. The first-order valence-electron chi connectivity index (χ1n) is 8.27. The van der Waals surface area contributed by atoms with E-state index in [9.17, 15) is 4.39 Å². The molecular weight excluding hydrogens is 279 g/mol. The molecule has 3 nitrogen and oxygen atoms in total. The molecule has 1 heterocycles. The average molecular weight is 306 g/mol. The molecule has 4 heteroatoms. The molecule has 0 aromatic heterocycles. The summed E-state index contributed by atoms with van der Waals surface area (Å²) in [6, 6.07) is 5.16. The van der Waals surface area contributed by atoms with E-state index in [4.69, 9.17) is 4.74 Å². The van der Waals surface area contributed by atoms with Crippen LogP contribution in [0.2, 0.25) is 0 Å². The van der Waals surface area contributed by atoms with Crippen LogP contribution in [-0.2, 0) is 6.54 Å². The molecule has 1 aliphatic heterocycles. The van der Waals surface area contributed by atoms with Crippen LogP contribution >= 0.6 is 0 Å². The quantitative estimate of drug-likeness (QED) is 0.848. The zero-order valence-electron chi connectivity index (χ0n) is 13.8. The van der Waals surface area contributed by atoms with E-state index in [-0.39, 0.29) is 11.2 Å². The predicted molar refractivity (Wildman–Crippen MR) is 86.4 cm³/mol. The van der Waals surface area contributed by atoms with E-state index in [0.29, 0.717) is 12.4 Å². The Balaban J connectivity index is 1.48. The van der Waals surface area contributed by atoms with Gasteiger partial charge < -0.3 is 15.4 Å². The first kappa shape index (κ1) is 15.8. The van der Waals surface area contributed by atoms with Gasteiger partial charge in [0.2, 0.25) is 0 Å². The summed E-state index contributed by atoms with van der Waals surface area (Å²) in [5, 5.41) is 6.92. The molecule has 1 saturated carbocycles. The number of hydrogen-bond donors (Lipinski definition) is 2. The topological polar surface area (TPSA) is 33.3 Å². The van der Waals surface area contributed by atoms with E-state index in [0.717, 1.165) is 36.4 Å². The first-order valence-corrected chi connectivity index (χ1v) is 8.27. The summed E-state index contributed by atoms with van der Waals surface area (Å²) in [7, 11) is 0. The highest BCUT2D eigenvalue weighted by molar-refractivity contribution is 5.30. The van der Waals surface area contributed by atoms with Crippen LogP contribution in [0.4, 0.5) is 4.39 Å². The highest BCUT2D eigenvalue weighted by Gasteiger charge is 2.51. The van der Waals surface area contributed by atoms with Crippen molar-refractivity contribution in [1.29, 1.82) is 0 Å². The van der Waals surface area contributed by atoms with Crippen molar-refractivity contribution in [1.82, 2.24) is 10.6 Å². The summed E-state index contributed by atoms with van der Waals surface area (Å²) in [6.07, 6.45) is 0. The van der Waals surface area contributed by atoms with Crippen LogP contribution in [0.25, 0.3) is 0 Å². The summed E-state index contributed by atoms with van der Waals surface area (Å²) in [5.74, 6) is 2.67. The van der Waals surface area contributed by atoms with E-state index in [2.05, 4.69) is 31.4 Å². The number of benzene rings is 1. The van der Waals surface area contributed by atoms with Gasteiger partial charge in [-0.3, -0.25) is 0 Å². The van der Waals surface area contributed by atoms with Crippen LogP contribution < -0.4 is 15.4 Å². The van der Waals surface area contributed by atoms with E-state index in [1.54, 1.807) is 0 Å². The molecule has 1 aromatic carbocycles. The minimum atomic E-state index is -0.282. The number of piperidine rings is 1. The molecule has 2 fully saturated rings. The molecule has 1 aromatic rings. The third-order valence-electron chi connectivity index (χ3n) is 4.63. The average Bonchev–Trinajstić information content (AvgIpc) is 2.89. The fourth-order valence-corrected chi connectivity index (χ4v) is 3.30. The van der Waals surface area contributed by atoms with E-state index >= 15 is 0 Å². The van der Waals surface area contributed by atoms with E-state index in [1.165, 1.54) is 19.2 Å². The van der Waals surface area contributed by atoms with Crippen LogP contribution in [0.3, 0.4) is 0 Å². The van der Waals surface area contributed by atoms with Crippen LogP contribution in [0, 0.1) is 29.0 Å².